The second kappa shape index (κ2) is 20.1. The zero-order valence-corrected chi connectivity index (χ0v) is 54.4. The Labute approximate surface area is 519 Å². The molecule has 0 fully saturated rings. The summed E-state index contributed by atoms with van der Waals surface area (Å²) in [6.07, 6.45) is 26.1. The maximum atomic E-state index is 6.31. The van der Waals surface area contributed by atoms with E-state index in [-0.39, 0.29) is 45.0 Å². The van der Waals surface area contributed by atoms with Crippen LogP contribution in [0.15, 0.2) is 199 Å². The first-order valence-corrected chi connectivity index (χ1v) is 32.2. The second-order valence-corrected chi connectivity index (χ2v) is 30.5. The van der Waals surface area contributed by atoms with Gasteiger partial charge in [-0.25, -0.2) is 0 Å². The van der Waals surface area contributed by atoms with E-state index in [1.54, 1.807) is 0 Å². The van der Waals surface area contributed by atoms with Crippen molar-refractivity contribution in [1.29, 1.82) is 0 Å². The van der Waals surface area contributed by atoms with Crippen molar-refractivity contribution < 1.29 is 0 Å². The topological polar surface area (TPSA) is 9.72 Å². The smallest absolute Gasteiger partial charge is 0.239 e. The number of aryl methyl sites for hydroxylation is 1. The van der Waals surface area contributed by atoms with E-state index in [4.69, 9.17) is 13.0 Å². The lowest BCUT2D eigenvalue weighted by Gasteiger charge is -2.49. The summed E-state index contributed by atoms with van der Waals surface area (Å²) in [4.78, 5) is 9.16. The highest BCUT2D eigenvalue weighted by atomic mass is 32.1. The van der Waals surface area contributed by atoms with E-state index < -0.39 is 0 Å². The number of hydrogen-bond donors (Lipinski definition) is 0. The summed E-state index contributed by atoms with van der Waals surface area (Å²) in [5.41, 5.74) is 27.0. The first-order valence-electron chi connectivity index (χ1n) is 31.4. The minimum Gasteiger partial charge on any atom is -0.315 e. The highest BCUT2D eigenvalue weighted by molar-refractivity contribution is 7.27. The predicted octanol–water partition coefficient (Wildman–Crippen LogP) is 20.4. The van der Waals surface area contributed by atoms with Gasteiger partial charge in [-0.1, -0.05) is 212 Å². The van der Waals surface area contributed by atoms with Gasteiger partial charge in [0, 0.05) is 76.9 Å². The Kier molecular flexibility index (Phi) is 13.4. The van der Waals surface area contributed by atoms with Crippen molar-refractivity contribution in [3.63, 3.8) is 0 Å². The molecular weight excluding hydrogens is 1060 g/mol. The summed E-state index contributed by atoms with van der Waals surface area (Å²) in [6.45, 7) is 40.3. The summed E-state index contributed by atoms with van der Waals surface area (Å²) in [6, 6.07) is 51.0. The quantitative estimate of drug-likeness (QED) is 0.0650. The van der Waals surface area contributed by atoms with Gasteiger partial charge >= 0.3 is 0 Å². The summed E-state index contributed by atoms with van der Waals surface area (Å²) >= 11 is 2.01. The number of allylic oxidation sites excluding steroid dienone is 10. The van der Waals surface area contributed by atoms with Crippen LogP contribution in [0.3, 0.4) is 0 Å². The van der Waals surface area contributed by atoms with Crippen LogP contribution < -0.4 is 24.9 Å². The van der Waals surface area contributed by atoms with Crippen LogP contribution in [0.25, 0.3) is 17.2 Å². The fourth-order valence-corrected chi connectivity index (χ4v) is 16.7. The van der Waals surface area contributed by atoms with E-state index >= 15 is 0 Å². The first kappa shape index (κ1) is 57.3. The molecule has 86 heavy (non-hydrogen) atoms. The molecule has 2 aliphatic heterocycles. The number of rotatable bonds is 8. The number of nitrogens with zero attached hydrogens (tertiary/aromatic N) is 3. The Hall–Kier alpha value is -7.78. The molecule has 0 saturated heterocycles. The molecule has 5 heteroatoms. The number of benzene rings is 6. The monoisotopic (exact) mass is 1140 g/mol. The maximum Gasteiger partial charge on any atom is 0.239 e. The molecule has 13 rings (SSSR count). The molecule has 0 radical (unpaired) electrons. The third-order valence-corrected chi connectivity index (χ3v) is 21.9. The number of fused-ring (bicyclic) bond motifs is 7. The molecule has 6 aliphatic rings. The van der Waals surface area contributed by atoms with Crippen molar-refractivity contribution in [1.82, 2.24) is 0 Å². The lowest BCUT2D eigenvalue weighted by molar-refractivity contribution is 0.332. The largest absolute Gasteiger partial charge is 0.315 e. The Morgan fingerprint density at radius 3 is 2.00 bits per heavy atom. The van der Waals surface area contributed by atoms with Gasteiger partial charge in [-0.05, 0) is 183 Å². The van der Waals surface area contributed by atoms with Gasteiger partial charge in [0.15, 0.2) is 0 Å². The van der Waals surface area contributed by atoms with Crippen molar-refractivity contribution in [3.8, 4) is 12.3 Å². The summed E-state index contributed by atoms with van der Waals surface area (Å²) < 4.78 is 1.42. The number of thiophene rings is 1. The van der Waals surface area contributed by atoms with Crippen LogP contribution in [-0.4, -0.2) is 6.71 Å². The molecule has 1 atom stereocenters. The Morgan fingerprint density at radius 2 is 1.33 bits per heavy atom. The number of anilines is 6. The van der Waals surface area contributed by atoms with Gasteiger partial charge in [0.2, 0.25) is 6.71 Å². The third-order valence-electron chi connectivity index (χ3n) is 20.7. The molecule has 4 aliphatic carbocycles. The van der Waals surface area contributed by atoms with Crippen LogP contribution in [0.2, 0.25) is 5.82 Å². The molecular formula is C81H84BN3S. The van der Waals surface area contributed by atoms with Crippen molar-refractivity contribution in [2.24, 2.45) is 0 Å². The molecule has 1 aromatic heterocycles. The summed E-state index contributed by atoms with van der Waals surface area (Å²) in [5, 5.41) is 0. The van der Waals surface area contributed by atoms with Crippen LogP contribution in [0, 0.1) is 19.3 Å². The molecule has 3 heterocycles. The van der Waals surface area contributed by atoms with Gasteiger partial charge in [0.1, 0.15) is 0 Å². The highest BCUT2D eigenvalue weighted by Crippen LogP contribution is 2.57. The van der Waals surface area contributed by atoms with E-state index in [1.807, 2.05) is 17.4 Å². The van der Waals surface area contributed by atoms with Crippen LogP contribution in [0.1, 0.15) is 171 Å². The molecule has 0 saturated carbocycles. The normalized spacial score (nSPS) is 20.4. The van der Waals surface area contributed by atoms with E-state index in [0.717, 1.165) is 41.1 Å². The van der Waals surface area contributed by atoms with Gasteiger partial charge in [-0.15, -0.1) is 6.42 Å². The average molecular weight is 1140 g/mol. The predicted molar refractivity (Wildman–Crippen MR) is 373 cm³/mol. The Balaban J connectivity index is 1.09. The van der Waals surface area contributed by atoms with Gasteiger partial charge in [-0.2, -0.15) is 11.3 Å². The lowest BCUT2D eigenvalue weighted by atomic mass is 9.31. The van der Waals surface area contributed by atoms with Crippen LogP contribution in [0.4, 0.5) is 34.1 Å². The second-order valence-electron chi connectivity index (χ2n) is 29.3. The number of hydrogen-bond acceptors (Lipinski definition) is 4. The Bertz CT molecular complexity index is 4220. The summed E-state index contributed by atoms with van der Waals surface area (Å²) in [5.74, 6) is 3.04. The molecule has 1 unspecified atom stereocenters. The minimum absolute atomic E-state index is 0.0155. The average Bonchev–Trinajstić information content (AvgIpc) is 1.19. The standard InChI is InChI=1S/C81H84BN3S/c1-18-26-59(53-27-21-20-22-28-53)69(19-2)83(55-35-33-54(34-36-55)76(5,6)7)58-39-42-68-72(49-58)84(56-37-40-64-66(47-56)79(12,13)45-43-77(64,8)9)70-31-25-32-71-73(70)82(68)75-74(85(71)57-38-41-65-67(48-57)80(14,15)46-44-78(65,10)11)62(52(4)86-75)50-61-51(3)81(16,17)63-30-24-23-29-60(61)63/h1,19-41,43,45,47-50,68H,3,42,44,46H2,2,4-17H3/b59-26-,61-50+,69-19+. The molecule has 432 valence electrons. The van der Waals surface area contributed by atoms with Gasteiger partial charge in [-0.3, -0.25) is 0 Å². The highest BCUT2D eigenvalue weighted by Gasteiger charge is 2.51. The van der Waals surface area contributed by atoms with Gasteiger partial charge in [0.05, 0.1) is 11.4 Å². The van der Waals surface area contributed by atoms with Crippen molar-refractivity contribution in [3.05, 3.63) is 254 Å². The van der Waals surface area contributed by atoms with Crippen molar-refractivity contribution in [2.45, 2.75) is 161 Å². The number of terminal acetylenes is 1. The molecule has 0 amide bonds. The van der Waals surface area contributed by atoms with Gasteiger partial charge in [0.25, 0.3) is 0 Å². The zero-order chi connectivity index (χ0) is 60.8. The lowest BCUT2D eigenvalue weighted by Crippen LogP contribution is -2.57. The SMILES string of the molecule is C#C/C=C(\C(=C/C)N(C1=CCC2B3c4sc(C)c(/C=C5\C(=C)C(C)(C)c6ccccc65)c4N(c4ccc5c(c4)C(C)(C)CCC5(C)C)c4cccc(c43)N(c3ccc4c(c3)C(C)(C)C=CC4(C)C)C2=C1)c1ccc(C(C)(C)C)cc1)c1ccccc1. The fraction of sp³-hybridized carbons (Fsp3) is 0.309. The minimum atomic E-state index is -0.199. The van der Waals surface area contributed by atoms with E-state index in [0.29, 0.717) is 0 Å². The maximum absolute atomic E-state index is 6.31. The molecule has 0 spiro atoms. The third kappa shape index (κ3) is 8.98. The van der Waals surface area contributed by atoms with Crippen molar-refractivity contribution in [2.75, 3.05) is 14.7 Å². The Morgan fingerprint density at radius 1 is 0.709 bits per heavy atom. The van der Waals surface area contributed by atoms with Crippen molar-refractivity contribution >= 4 is 79.6 Å². The van der Waals surface area contributed by atoms with E-state index in [2.05, 4.69) is 294 Å². The fourth-order valence-electron chi connectivity index (χ4n) is 15.4. The molecule has 3 nitrogen and oxygen atoms in total. The van der Waals surface area contributed by atoms with Crippen LogP contribution >= 0.6 is 11.3 Å². The first-order chi connectivity index (χ1) is 40.8. The van der Waals surface area contributed by atoms with Crippen LogP contribution in [0.5, 0.6) is 0 Å². The molecule has 6 aromatic carbocycles. The van der Waals surface area contributed by atoms with E-state index in [9.17, 15) is 0 Å². The zero-order valence-electron chi connectivity index (χ0n) is 53.6. The summed E-state index contributed by atoms with van der Waals surface area (Å²) in [7, 11) is 0. The van der Waals surface area contributed by atoms with Crippen LogP contribution in [-0.2, 0) is 32.5 Å². The molecule has 7 aromatic rings. The molecule has 0 bridgehead atoms. The van der Waals surface area contributed by atoms with E-state index in [1.165, 1.54) is 111 Å². The van der Waals surface area contributed by atoms with Gasteiger partial charge < -0.3 is 14.7 Å². The molecule has 0 N–H and O–H groups in total.